The van der Waals surface area contributed by atoms with E-state index in [4.69, 9.17) is 4.74 Å². The van der Waals surface area contributed by atoms with Crippen molar-refractivity contribution in [2.45, 2.75) is 19.9 Å². The van der Waals surface area contributed by atoms with Gasteiger partial charge in [0.15, 0.2) is 0 Å². The molecule has 4 amide bonds. The van der Waals surface area contributed by atoms with Crippen LogP contribution in [0.25, 0.3) is 0 Å². The third kappa shape index (κ3) is 6.25. The number of hydrogen-bond donors (Lipinski definition) is 2. The molecule has 152 valence electrons. The minimum atomic E-state index is -0.297. The number of aryl methyl sites for hydroxylation is 1. The zero-order valence-electron chi connectivity index (χ0n) is 16.1. The van der Waals surface area contributed by atoms with Crippen LogP contribution in [-0.2, 0) is 11.3 Å². The molecule has 2 N–H and O–H groups in total. The first kappa shape index (κ1) is 20.7. The van der Waals surface area contributed by atoms with E-state index in [1.807, 2.05) is 31.2 Å². The summed E-state index contributed by atoms with van der Waals surface area (Å²) in [7, 11) is 0. The molecule has 0 spiro atoms. The monoisotopic (exact) mass is 413 g/mol. The fourth-order valence-corrected chi connectivity index (χ4v) is 3.48. The lowest BCUT2D eigenvalue weighted by Crippen LogP contribution is -2.30. The van der Waals surface area contributed by atoms with Gasteiger partial charge in [0.25, 0.3) is 5.24 Å². The van der Waals surface area contributed by atoms with Crippen molar-refractivity contribution >= 4 is 34.6 Å². The molecule has 1 saturated heterocycles. The molecule has 2 aromatic rings. The maximum Gasteiger partial charge on any atom is 0.319 e. The zero-order chi connectivity index (χ0) is 20.6. The van der Waals surface area contributed by atoms with Crippen LogP contribution in [0.15, 0.2) is 48.5 Å². The van der Waals surface area contributed by atoms with Crippen molar-refractivity contribution in [2.75, 3.05) is 24.2 Å². The van der Waals surface area contributed by atoms with Gasteiger partial charge >= 0.3 is 6.03 Å². The van der Waals surface area contributed by atoms with Crippen molar-refractivity contribution < 1.29 is 19.1 Å². The normalized spacial score (nSPS) is 13.5. The molecule has 1 fully saturated rings. The lowest BCUT2D eigenvalue weighted by molar-refractivity contribution is -0.125. The van der Waals surface area contributed by atoms with Gasteiger partial charge in [0.05, 0.1) is 18.9 Å². The summed E-state index contributed by atoms with van der Waals surface area (Å²) in [5, 5.41) is 5.32. The smallest absolute Gasteiger partial charge is 0.319 e. The fourth-order valence-electron chi connectivity index (χ4n) is 2.75. The van der Waals surface area contributed by atoms with Gasteiger partial charge in [0.2, 0.25) is 5.91 Å². The van der Waals surface area contributed by atoms with Crippen LogP contribution in [0.3, 0.4) is 0 Å². The molecule has 0 atom stereocenters. The molecule has 3 rings (SSSR count). The van der Waals surface area contributed by atoms with E-state index in [0.717, 1.165) is 28.6 Å². The molecule has 1 aliphatic heterocycles. The van der Waals surface area contributed by atoms with Crippen LogP contribution in [0.1, 0.15) is 17.5 Å². The Bertz CT molecular complexity index is 870. The number of ether oxygens (including phenoxy) is 1. The third-order valence-electron chi connectivity index (χ3n) is 4.26. The second-order valence-electron chi connectivity index (χ2n) is 6.63. The van der Waals surface area contributed by atoms with E-state index < -0.39 is 0 Å². The highest BCUT2D eigenvalue weighted by Gasteiger charge is 2.29. The standard InChI is InChI=1S/C21H23N3O4S/c1-15-4-2-5-18(12-15)28-11-3-10-22-20(26)23-17-8-6-16(7-9-17)13-24-19(25)14-29-21(24)27/h2,4-9,12H,3,10-11,13-14H2,1H3,(H2,22,23,26). The van der Waals surface area contributed by atoms with Gasteiger partial charge in [-0.1, -0.05) is 36.0 Å². The summed E-state index contributed by atoms with van der Waals surface area (Å²) in [5.41, 5.74) is 2.60. The number of amides is 4. The van der Waals surface area contributed by atoms with E-state index in [0.29, 0.717) is 25.3 Å². The fraction of sp³-hybridized carbons (Fsp3) is 0.286. The first-order chi connectivity index (χ1) is 14.0. The number of imide groups is 1. The van der Waals surface area contributed by atoms with Gasteiger partial charge in [-0.15, -0.1) is 0 Å². The van der Waals surface area contributed by atoms with Gasteiger partial charge in [0, 0.05) is 12.2 Å². The lowest BCUT2D eigenvalue weighted by atomic mass is 10.2. The van der Waals surface area contributed by atoms with Crippen molar-refractivity contribution in [3.8, 4) is 5.75 Å². The SMILES string of the molecule is Cc1cccc(OCCCNC(=O)Nc2ccc(CN3C(=O)CSC3=O)cc2)c1. The third-order valence-corrected chi connectivity index (χ3v) is 5.12. The van der Waals surface area contributed by atoms with Crippen LogP contribution in [-0.4, -0.2) is 41.0 Å². The summed E-state index contributed by atoms with van der Waals surface area (Å²) in [6, 6.07) is 14.6. The van der Waals surface area contributed by atoms with Crippen molar-refractivity contribution in [3.63, 3.8) is 0 Å². The van der Waals surface area contributed by atoms with Gasteiger partial charge in [-0.05, 0) is 48.7 Å². The molecule has 0 saturated carbocycles. The summed E-state index contributed by atoms with van der Waals surface area (Å²) in [4.78, 5) is 36.5. The molecule has 7 nitrogen and oxygen atoms in total. The lowest BCUT2D eigenvalue weighted by Gasteiger charge is -2.13. The summed E-state index contributed by atoms with van der Waals surface area (Å²) in [5.74, 6) is 0.854. The number of hydrogen-bond acceptors (Lipinski definition) is 5. The summed E-state index contributed by atoms with van der Waals surface area (Å²) in [6.07, 6.45) is 0.691. The van der Waals surface area contributed by atoms with Crippen LogP contribution >= 0.6 is 11.8 Å². The zero-order valence-corrected chi connectivity index (χ0v) is 17.0. The summed E-state index contributed by atoms with van der Waals surface area (Å²) < 4.78 is 5.64. The maximum atomic E-state index is 12.0. The van der Waals surface area contributed by atoms with E-state index in [9.17, 15) is 14.4 Å². The molecule has 0 radical (unpaired) electrons. The van der Waals surface area contributed by atoms with E-state index in [1.165, 1.54) is 4.90 Å². The quantitative estimate of drug-likeness (QED) is 0.643. The minimum absolute atomic E-state index is 0.173. The molecular formula is C21H23N3O4S. The second-order valence-corrected chi connectivity index (χ2v) is 7.56. The molecule has 1 heterocycles. The number of rotatable bonds is 8. The Kier molecular flexibility index (Phi) is 7.13. The molecule has 0 unspecified atom stereocenters. The number of nitrogens with zero attached hydrogens (tertiary/aromatic N) is 1. The Labute approximate surface area is 173 Å². The van der Waals surface area contributed by atoms with Crippen molar-refractivity contribution in [3.05, 3.63) is 59.7 Å². The van der Waals surface area contributed by atoms with Crippen molar-refractivity contribution in [2.24, 2.45) is 0 Å². The van der Waals surface area contributed by atoms with E-state index in [2.05, 4.69) is 10.6 Å². The van der Waals surface area contributed by atoms with E-state index in [1.54, 1.807) is 24.3 Å². The predicted octanol–water partition coefficient (Wildman–Crippen LogP) is 3.78. The Hall–Kier alpha value is -3.00. The summed E-state index contributed by atoms with van der Waals surface area (Å²) >= 11 is 1.02. The Balaban J connectivity index is 1.36. The number of anilines is 1. The average molecular weight is 413 g/mol. The highest BCUT2D eigenvalue weighted by Crippen LogP contribution is 2.21. The van der Waals surface area contributed by atoms with Gasteiger partial charge in [-0.25, -0.2) is 4.79 Å². The van der Waals surface area contributed by atoms with Crippen LogP contribution < -0.4 is 15.4 Å². The van der Waals surface area contributed by atoms with Crippen LogP contribution in [0.5, 0.6) is 5.75 Å². The molecule has 0 bridgehead atoms. The topological polar surface area (TPSA) is 87.7 Å². The highest BCUT2D eigenvalue weighted by molar-refractivity contribution is 8.14. The predicted molar refractivity (Wildman–Crippen MR) is 113 cm³/mol. The Morgan fingerprint density at radius 3 is 2.66 bits per heavy atom. The molecule has 29 heavy (non-hydrogen) atoms. The number of urea groups is 1. The molecule has 8 heteroatoms. The Morgan fingerprint density at radius 2 is 1.97 bits per heavy atom. The number of nitrogens with one attached hydrogen (secondary N) is 2. The van der Waals surface area contributed by atoms with Gasteiger partial charge in [-0.2, -0.15) is 0 Å². The molecule has 0 aliphatic carbocycles. The molecular weight excluding hydrogens is 390 g/mol. The number of benzene rings is 2. The summed E-state index contributed by atoms with van der Waals surface area (Å²) in [6.45, 7) is 3.27. The Morgan fingerprint density at radius 1 is 1.17 bits per heavy atom. The number of thioether (sulfide) groups is 1. The van der Waals surface area contributed by atoms with E-state index in [-0.39, 0.29) is 29.5 Å². The highest BCUT2D eigenvalue weighted by atomic mass is 32.2. The first-order valence-electron chi connectivity index (χ1n) is 9.31. The number of carbonyl (C=O) groups is 3. The average Bonchev–Trinajstić information content (AvgIpc) is 3.01. The van der Waals surface area contributed by atoms with Crippen LogP contribution in [0.4, 0.5) is 15.3 Å². The molecule has 2 aromatic carbocycles. The largest absolute Gasteiger partial charge is 0.494 e. The van der Waals surface area contributed by atoms with Gasteiger partial charge in [-0.3, -0.25) is 14.5 Å². The molecule has 1 aliphatic rings. The van der Waals surface area contributed by atoms with Crippen molar-refractivity contribution in [1.29, 1.82) is 0 Å². The maximum absolute atomic E-state index is 12.0. The number of carbonyl (C=O) groups excluding carboxylic acids is 3. The van der Waals surface area contributed by atoms with Gasteiger partial charge < -0.3 is 15.4 Å². The van der Waals surface area contributed by atoms with Gasteiger partial charge in [0.1, 0.15) is 5.75 Å². The first-order valence-corrected chi connectivity index (χ1v) is 10.3. The van der Waals surface area contributed by atoms with Crippen LogP contribution in [0.2, 0.25) is 0 Å². The van der Waals surface area contributed by atoms with Crippen molar-refractivity contribution in [1.82, 2.24) is 10.2 Å². The van der Waals surface area contributed by atoms with Crippen LogP contribution in [0, 0.1) is 6.92 Å². The second kappa shape index (κ2) is 9.97. The molecule has 0 aromatic heterocycles. The minimum Gasteiger partial charge on any atom is -0.494 e. The van der Waals surface area contributed by atoms with E-state index >= 15 is 0 Å².